The molecule has 138 valence electrons. The average molecular weight is 362 g/mol. The summed E-state index contributed by atoms with van der Waals surface area (Å²) in [5.41, 5.74) is 1.98. The van der Waals surface area contributed by atoms with Crippen molar-refractivity contribution >= 4 is 23.3 Å². The number of nitrogens with one attached hydrogen (secondary N) is 2. The summed E-state index contributed by atoms with van der Waals surface area (Å²) in [5, 5.41) is 6.53. The molecule has 0 aliphatic rings. The maximum atomic E-state index is 12.0. The summed E-state index contributed by atoms with van der Waals surface area (Å²) in [4.78, 5) is 21.2. The monoisotopic (exact) mass is 362 g/mol. The van der Waals surface area contributed by atoms with E-state index >= 15 is 0 Å². The van der Waals surface area contributed by atoms with Gasteiger partial charge < -0.3 is 15.4 Å². The highest BCUT2D eigenvalue weighted by Crippen LogP contribution is 2.25. The van der Waals surface area contributed by atoms with Crippen molar-refractivity contribution in [1.82, 2.24) is 9.97 Å². The molecule has 0 saturated heterocycles. The second-order valence-electron chi connectivity index (χ2n) is 6.29. The fourth-order valence-electron chi connectivity index (χ4n) is 2.62. The normalized spacial score (nSPS) is 10.5. The number of rotatable bonds is 6. The first-order chi connectivity index (χ1) is 13.1. The molecule has 0 spiro atoms. The van der Waals surface area contributed by atoms with Crippen molar-refractivity contribution in [3.63, 3.8) is 0 Å². The van der Waals surface area contributed by atoms with Gasteiger partial charge in [-0.15, -0.1) is 0 Å². The predicted molar refractivity (Wildman–Crippen MR) is 107 cm³/mol. The van der Waals surface area contributed by atoms with Crippen LogP contribution in [0.25, 0.3) is 11.4 Å². The maximum absolute atomic E-state index is 12.0. The number of hydrogen-bond donors (Lipinski definition) is 2. The van der Waals surface area contributed by atoms with Gasteiger partial charge in [-0.1, -0.05) is 42.5 Å². The number of aromatic nitrogens is 2. The van der Waals surface area contributed by atoms with E-state index in [9.17, 15) is 4.79 Å². The van der Waals surface area contributed by atoms with Gasteiger partial charge in [0.05, 0.1) is 18.4 Å². The number of ether oxygens (including phenoxy) is 1. The molecule has 0 saturated carbocycles. The number of carbonyl (C=O) groups is 1. The van der Waals surface area contributed by atoms with Crippen LogP contribution in [0.15, 0.2) is 60.7 Å². The molecule has 0 unspecified atom stereocenters. The number of hydrogen-bond acceptors (Lipinski definition) is 6. The lowest BCUT2D eigenvalue weighted by atomic mass is 10.1. The van der Waals surface area contributed by atoms with Crippen LogP contribution in [0.3, 0.4) is 0 Å². The Hall–Kier alpha value is -3.41. The average Bonchev–Trinajstić information content (AvgIpc) is 2.68. The van der Waals surface area contributed by atoms with Crippen LogP contribution < -0.4 is 10.6 Å². The SMILES string of the molecule is COC(=O)c1ccccc1Nc1cc(NC(C)C)nc(-c2ccccc2)n1. The molecule has 0 fully saturated rings. The lowest BCUT2D eigenvalue weighted by molar-refractivity contribution is 0.0602. The number of carbonyl (C=O) groups excluding carboxylic acids is 1. The molecule has 1 aromatic heterocycles. The van der Waals surface area contributed by atoms with Crippen LogP contribution in [0.4, 0.5) is 17.3 Å². The van der Waals surface area contributed by atoms with Gasteiger partial charge in [-0.25, -0.2) is 14.8 Å². The summed E-state index contributed by atoms with van der Waals surface area (Å²) < 4.78 is 4.86. The Balaban J connectivity index is 2.01. The van der Waals surface area contributed by atoms with Gasteiger partial charge in [0, 0.05) is 17.7 Å². The first kappa shape index (κ1) is 18.4. The van der Waals surface area contributed by atoms with Gasteiger partial charge in [-0.3, -0.25) is 0 Å². The smallest absolute Gasteiger partial charge is 0.339 e. The molecule has 0 aliphatic heterocycles. The highest BCUT2D eigenvalue weighted by atomic mass is 16.5. The van der Waals surface area contributed by atoms with Crippen molar-refractivity contribution in [3.8, 4) is 11.4 Å². The van der Waals surface area contributed by atoms with Crippen molar-refractivity contribution in [2.45, 2.75) is 19.9 Å². The number of methoxy groups -OCH3 is 1. The molecule has 0 amide bonds. The third-order valence-corrected chi connectivity index (χ3v) is 3.79. The molecular weight excluding hydrogens is 340 g/mol. The Morgan fingerprint density at radius 3 is 2.33 bits per heavy atom. The van der Waals surface area contributed by atoms with E-state index in [-0.39, 0.29) is 6.04 Å². The Labute approximate surface area is 158 Å². The zero-order chi connectivity index (χ0) is 19.2. The molecule has 0 bridgehead atoms. The predicted octanol–water partition coefficient (Wildman–Crippen LogP) is 4.49. The third-order valence-electron chi connectivity index (χ3n) is 3.79. The first-order valence-corrected chi connectivity index (χ1v) is 8.72. The molecule has 0 atom stereocenters. The lowest BCUT2D eigenvalue weighted by Gasteiger charge is -2.14. The van der Waals surface area contributed by atoms with Gasteiger partial charge in [0.1, 0.15) is 11.6 Å². The molecule has 3 aromatic rings. The van der Waals surface area contributed by atoms with Crippen LogP contribution in [-0.2, 0) is 4.74 Å². The van der Waals surface area contributed by atoms with Gasteiger partial charge in [0.2, 0.25) is 0 Å². The molecule has 27 heavy (non-hydrogen) atoms. The van der Waals surface area contributed by atoms with Crippen LogP contribution in [0.1, 0.15) is 24.2 Å². The number of esters is 1. The fraction of sp³-hybridized carbons (Fsp3) is 0.190. The Morgan fingerprint density at radius 1 is 0.963 bits per heavy atom. The van der Waals surface area contributed by atoms with Gasteiger partial charge in [-0.2, -0.15) is 0 Å². The Bertz CT molecular complexity index is 926. The molecule has 0 aliphatic carbocycles. The lowest BCUT2D eigenvalue weighted by Crippen LogP contribution is -2.12. The highest BCUT2D eigenvalue weighted by molar-refractivity contribution is 5.96. The summed E-state index contributed by atoms with van der Waals surface area (Å²) in [6.07, 6.45) is 0. The number of para-hydroxylation sites is 1. The number of benzene rings is 2. The molecule has 6 nitrogen and oxygen atoms in total. The summed E-state index contributed by atoms with van der Waals surface area (Å²) in [7, 11) is 1.36. The van der Waals surface area contributed by atoms with Gasteiger partial charge in [0.15, 0.2) is 5.82 Å². The molecule has 2 aromatic carbocycles. The topological polar surface area (TPSA) is 76.1 Å². The first-order valence-electron chi connectivity index (χ1n) is 8.72. The Kier molecular flexibility index (Phi) is 5.66. The van der Waals surface area contributed by atoms with Gasteiger partial charge in [-0.05, 0) is 26.0 Å². The fourth-order valence-corrected chi connectivity index (χ4v) is 2.62. The van der Waals surface area contributed by atoms with E-state index in [0.717, 1.165) is 5.56 Å². The second-order valence-corrected chi connectivity index (χ2v) is 6.29. The van der Waals surface area contributed by atoms with Crippen molar-refractivity contribution in [2.75, 3.05) is 17.7 Å². The molecule has 6 heteroatoms. The molecule has 0 radical (unpaired) electrons. The second kappa shape index (κ2) is 8.31. The largest absolute Gasteiger partial charge is 0.465 e. The van der Waals surface area contributed by atoms with E-state index in [1.54, 1.807) is 12.1 Å². The quantitative estimate of drug-likeness (QED) is 0.629. The van der Waals surface area contributed by atoms with E-state index in [2.05, 4.69) is 20.6 Å². The van der Waals surface area contributed by atoms with Crippen LogP contribution in [0, 0.1) is 0 Å². The van der Waals surface area contributed by atoms with E-state index in [1.165, 1.54) is 7.11 Å². The molecule has 1 heterocycles. The zero-order valence-corrected chi connectivity index (χ0v) is 15.6. The minimum atomic E-state index is -0.407. The highest BCUT2D eigenvalue weighted by Gasteiger charge is 2.13. The summed E-state index contributed by atoms with van der Waals surface area (Å²) in [6.45, 7) is 4.09. The maximum Gasteiger partial charge on any atom is 0.339 e. The van der Waals surface area contributed by atoms with Crippen molar-refractivity contribution in [2.24, 2.45) is 0 Å². The van der Waals surface area contributed by atoms with E-state index in [4.69, 9.17) is 4.74 Å². The van der Waals surface area contributed by atoms with Crippen molar-refractivity contribution in [3.05, 3.63) is 66.2 Å². The molecular formula is C21H22N4O2. The van der Waals surface area contributed by atoms with Gasteiger partial charge >= 0.3 is 5.97 Å². The van der Waals surface area contributed by atoms with Crippen molar-refractivity contribution in [1.29, 1.82) is 0 Å². The number of nitrogens with zero attached hydrogens (tertiary/aromatic N) is 2. The van der Waals surface area contributed by atoms with Crippen LogP contribution in [0.2, 0.25) is 0 Å². The van der Waals surface area contributed by atoms with Crippen LogP contribution in [-0.4, -0.2) is 29.1 Å². The van der Waals surface area contributed by atoms with Crippen molar-refractivity contribution < 1.29 is 9.53 Å². The summed E-state index contributed by atoms with van der Waals surface area (Å²) in [5.74, 6) is 1.48. The van der Waals surface area contributed by atoms with Crippen LogP contribution in [0.5, 0.6) is 0 Å². The number of anilines is 3. The van der Waals surface area contributed by atoms with E-state index in [1.807, 2.05) is 62.4 Å². The zero-order valence-electron chi connectivity index (χ0n) is 15.6. The minimum absolute atomic E-state index is 0.221. The van der Waals surface area contributed by atoms with Gasteiger partial charge in [0.25, 0.3) is 0 Å². The Morgan fingerprint density at radius 2 is 1.63 bits per heavy atom. The standard InChI is InChI=1S/C21H22N4O2/c1-14(2)22-18-13-19(25-20(24-18)15-9-5-4-6-10-15)23-17-12-8-7-11-16(17)21(26)27-3/h4-14H,1-3H3,(H2,22,23,24,25). The van der Waals surface area contributed by atoms with E-state index < -0.39 is 5.97 Å². The molecule has 3 rings (SSSR count). The van der Waals surface area contributed by atoms with Crippen LogP contribution >= 0.6 is 0 Å². The van der Waals surface area contributed by atoms with E-state index in [0.29, 0.717) is 28.7 Å². The molecule has 2 N–H and O–H groups in total. The third kappa shape index (κ3) is 4.61. The summed E-state index contributed by atoms with van der Waals surface area (Å²) in [6, 6.07) is 19.0. The minimum Gasteiger partial charge on any atom is -0.465 e. The summed E-state index contributed by atoms with van der Waals surface area (Å²) >= 11 is 0.